The molecule has 3 N–H and O–H groups in total. The largest absolute Gasteiger partial charge is 0.354 e. The van der Waals surface area contributed by atoms with E-state index in [1.54, 1.807) is 0 Å². The first-order chi connectivity index (χ1) is 13.8. The molecule has 0 heterocycles. The molecule has 1 aromatic rings. The third kappa shape index (κ3) is 6.07. The minimum absolute atomic E-state index is 0.0167. The van der Waals surface area contributed by atoms with Gasteiger partial charge in [0.2, 0.25) is 15.9 Å². The molecule has 29 heavy (non-hydrogen) atoms. The van der Waals surface area contributed by atoms with Gasteiger partial charge in [0.25, 0.3) is 5.91 Å². The Kier molecular flexibility index (Phi) is 7.42. The van der Waals surface area contributed by atoms with Crippen molar-refractivity contribution in [2.45, 2.75) is 55.9 Å². The highest BCUT2D eigenvalue weighted by Crippen LogP contribution is 2.30. The summed E-state index contributed by atoms with van der Waals surface area (Å²) in [6.45, 7) is 0.499. The van der Waals surface area contributed by atoms with Crippen LogP contribution in [-0.4, -0.2) is 39.4 Å². The molecule has 7 nitrogen and oxygen atoms in total. The molecule has 0 unspecified atom stereocenters. The molecular formula is C19H25Cl2N3O4S. The summed E-state index contributed by atoms with van der Waals surface area (Å²) in [4.78, 5) is 24.4. The van der Waals surface area contributed by atoms with Gasteiger partial charge < -0.3 is 10.6 Å². The van der Waals surface area contributed by atoms with E-state index in [0.29, 0.717) is 6.54 Å². The number of amides is 2. The normalized spacial score (nSPS) is 17.7. The van der Waals surface area contributed by atoms with E-state index in [1.165, 1.54) is 18.6 Å². The van der Waals surface area contributed by atoms with Crippen LogP contribution in [0.2, 0.25) is 10.0 Å². The molecule has 1 aromatic carbocycles. The van der Waals surface area contributed by atoms with Crippen LogP contribution in [0.25, 0.3) is 0 Å². The van der Waals surface area contributed by atoms with Crippen LogP contribution in [0.3, 0.4) is 0 Å². The van der Waals surface area contributed by atoms with E-state index in [1.807, 2.05) is 0 Å². The molecule has 0 saturated heterocycles. The van der Waals surface area contributed by atoms with Gasteiger partial charge in [0, 0.05) is 25.0 Å². The van der Waals surface area contributed by atoms with Gasteiger partial charge in [-0.2, -0.15) is 0 Å². The van der Waals surface area contributed by atoms with Crippen molar-refractivity contribution in [1.29, 1.82) is 0 Å². The van der Waals surface area contributed by atoms with Gasteiger partial charge in [-0.05, 0) is 37.8 Å². The molecule has 2 fully saturated rings. The van der Waals surface area contributed by atoms with Crippen LogP contribution in [0.5, 0.6) is 0 Å². The van der Waals surface area contributed by atoms with Crippen molar-refractivity contribution < 1.29 is 18.0 Å². The van der Waals surface area contributed by atoms with Gasteiger partial charge in [-0.1, -0.05) is 42.5 Å². The third-order valence-electron chi connectivity index (χ3n) is 5.14. The second-order valence-electron chi connectivity index (χ2n) is 7.54. The molecule has 3 rings (SSSR count). The lowest BCUT2D eigenvalue weighted by Gasteiger charge is -2.20. The van der Waals surface area contributed by atoms with Crippen molar-refractivity contribution in [2.24, 2.45) is 5.92 Å². The molecule has 0 atom stereocenters. The van der Waals surface area contributed by atoms with Gasteiger partial charge in [-0.15, -0.1) is 0 Å². The summed E-state index contributed by atoms with van der Waals surface area (Å²) in [6, 6.07) is 2.35. The first kappa shape index (κ1) is 22.3. The Morgan fingerprint density at radius 2 is 1.59 bits per heavy atom. The highest BCUT2D eigenvalue weighted by molar-refractivity contribution is 7.89. The minimum Gasteiger partial charge on any atom is -0.354 e. The van der Waals surface area contributed by atoms with Crippen molar-refractivity contribution in [3.8, 4) is 0 Å². The van der Waals surface area contributed by atoms with E-state index in [2.05, 4.69) is 15.4 Å². The Bertz CT molecular complexity index is 882. The van der Waals surface area contributed by atoms with Crippen LogP contribution in [0.1, 0.15) is 55.3 Å². The lowest BCUT2D eigenvalue weighted by atomic mass is 9.89. The second kappa shape index (κ2) is 9.64. The highest BCUT2D eigenvalue weighted by Gasteiger charge is 2.30. The predicted octanol–water partition coefficient (Wildman–Crippen LogP) is 2.86. The van der Waals surface area contributed by atoms with Crippen LogP contribution < -0.4 is 15.4 Å². The van der Waals surface area contributed by atoms with E-state index in [9.17, 15) is 18.0 Å². The van der Waals surface area contributed by atoms with Crippen LogP contribution >= 0.6 is 23.2 Å². The topological polar surface area (TPSA) is 104 Å². The molecule has 0 aliphatic heterocycles. The molecule has 2 amide bonds. The molecule has 2 aliphatic carbocycles. The number of carbonyl (C=O) groups is 2. The molecule has 0 spiro atoms. The van der Waals surface area contributed by atoms with Gasteiger partial charge in [0.15, 0.2) is 0 Å². The van der Waals surface area contributed by atoms with E-state index >= 15 is 0 Å². The summed E-state index contributed by atoms with van der Waals surface area (Å²) in [7, 11) is -3.83. The molecule has 0 bridgehead atoms. The number of carbonyl (C=O) groups excluding carboxylic acids is 2. The van der Waals surface area contributed by atoms with Crippen LogP contribution in [0.15, 0.2) is 17.0 Å². The number of halogens is 2. The van der Waals surface area contributed by atoms with Crippen molar-refractivity contribution in [3.05, 3.63) is 27.7 Å². The van der Waals surface area contributed by atoms with E-state index in [-0.39, 0.29) is 44.9 Å². The van der Waals surface area contributed by atoms with Crippen molar-refractivity contribution in [2.75, 3.05) is 13.1 Å². The Morgan fingerprint density at radius 1 is 0.931 bits per heavy atom. The number of benzene rings is 1. The number of rotatable bonds is 8. The number of hydrogen-bond donors (Lipinski definition) is 3. The van der Waals surface area contributed by atoms with Gasteiger partial charge in [0.05, 0.1) is 15.6 Å². The first-order valence-corrected chi connectivity index (χ1v) is 12.1. The Labute approximate surface area is 181 Å². The zero-order valence-electron chi connectivity index (χ0n) is 16.0. The van der Waals surface area contributed by atoms with E-state index in [4.69, 9.17) is 23.2 Å². The zero-order valence-corrected chi connectivity index (χ0v) is 18.3. The monoisotopic (exact) mass is 461 g/mol. The lowest BCUT2D eigenvalue weighted by Crippen LogP contribution is -2.38. The lowest BCUT2D eigenvalue weighted by molar-refractivity contribution is -0.125. The van der Waals surface area contributed by atoms with Gasteiger partial charge in [0.1, 0.15) is 4.90 Å². The molecule has 160 valence electrons. The summed E-state index contributed by atoms with van der Waals surface area (Å²) in [5.41, 5.74) is 0.0193. The fourth-order valence-electron chi connectivity index (χ4n) is 3.36. The summed E-state index contributed by atoms with van der Waals surface area (Å²) < 4.78 is 27.4. The van der Waals surface area contributed by atoms with Crippen molar-refractivity contribution in [1.82, 2.24) is 15.4 Å². The quantitative estimate of drug-likeness (QED) is 0.517. The molecule has 0 aromatic heterocycles. The number of hydrogen-bond acceptors (Lipinski definition) is 4. The standard InChI is InChI=1S/C19H25Cl2N3O4S/c20-15-11-16(21)17(29(27,28)24-13-6-7-13)10-14(15)19(26)23-9-8-22-18(25)12-4-2-1-3-5-12/h10-13,24H,1-9H2,(H,22,25)(H,23,26). The number of nitrogens with one attached hydrogen (secondary N) is 3. The molecule has 2 saturated carbocycles. The van der Waals surface area contributed by atoms with Crippen molar-refractivity contribution >= 4 is 45.0 Å². The average molecular weight is 462 g/mol. The molecule has 0 radical (unpaired) electrons. The first-order valence-electron chi connectivity index (χ1n) is 9.85. The Morgan fingerprint density at radius 3 is 2.24 bits per heavy atom. The van der Waals surface area contributed by atoms with E-state index in [0.717, 1.165) is 38.5 Å². The number of sulfonamides is 1. The Hall–Kier alpha value is -1.35. The maximum atomic E-state index is 12.5. The third-order valence-corrected chi connectivity index (χ3v) is 7.44. The highest BCUT2D eigenvalue weighted by atomic mass is 35.5. The van der Waals surface area contributed by atoms with Crippen LogP contribution in [0.4, 0.5) is 0 Å². The minimum atomic E-state index is -3.83. The van der Waals surface area contributed by atoms with Gasteiger partial charge in [-0.3, -0.25) is 9.59 Å². The Balaban J connectivity index is 1.57. The molecule has 10 heteroatoms. The summed E-state index contributed by atoms with van der Waals surface area (Å²) >= 11 is 12.1. The van der Waals surface area contributed by atoms with Crippen molar-refractivity contribution in [3.63, 3.8) is 0 Å². The summed E-state index contributed by atoms with van der Waals surface area (Å²) in [5, 5.41) is 5.50. The smallest absolute Gasteiger partial charge is 0.252 e. The van der Waals surface area contributed by atoms with Gasteiger partial charge >= 0.3 is 0 Å². The predicted molar refractivity (Wildman–Crippen MR) is 112 cm³/mol. The molecule has 2 aliphatic rings. The average Bonchev–Trinajstić information content (AvgIpc) is 3.48. The van der Waals surface area contributed by atoms with Crippen LogP contribution in [-0.2, 0) is 14.8 Å². The SMILES string of the molecule is O=C(NCCNC(=O)C1CCCCC1)c1cc(S(=O)(=O)NC2CC2)c(Cl)cc1Cl. The summed E-state index contributed by atoms with van der Waals surface area (Å²) in [6.07, 6.45) is 6.70. The fraction of sp³-hybridized carbons (Fsp3) is 0.579. The fourth-order valence-corrected chi connectivity index (χ4v) is 5.52. The molecular weight excluding hydrogens is 437 g/mol. The van der Waals surface area contributed by atoms with Crippen LogP contribution in [0, 0.1) is 5.92 Å². The zero-order chi connectivity index (χ0) is 21.0. The maximum absolute atomic E-state index is 12.5. The summed E-state index contributed by atoms with van der Waals surface area (Å²) in [5.74, 6) is -0.457. The van der Waals surface area contributed by atoms with E-state index < -0.39 is 15.9 Å². The van der Waals surface area contributed by atoms with Gasteiger partial charge in [-0.25, -0.2) is 13.1 Å². The maximum Gasteiger partial charge on any atom is 0.252 e. The second-order valence-corrected chi connectivity index (χ2v) is 10.0.